The summed E-state index contributed by atoms with van der Waals surface area (Å²) in [5.41, 5.74) is 7.87. The third-order valence-corrected chi connectivity index (χ3v) is 6.85. The van der Waals surface area contributed by atoms with Crippen molar-refractivity contribution in [2.45, 2.75) is 73.8 Å². The van der Waals surface area contributed by atoms with Crippen molar-refractivity contribution in [3.05, 3.63) is 75.0 Å². The van der Waals surface area contributed by atoms with Crippen LogP contribution in [0, 0.1) is 20.8 Å². The molecule has 1 fully saturated rings. The Labute approximate surface area is 192 Å². The predicted molar refractivity (Wildman–Crippen MR) is 132 cm³/mol. The largest absolute Gasteiger partial charge is 0.380 e. The second-order valence-corrected chi connectivity index (χ2v) is 8.77. The molecule has 2 N–H and O–H groups in total. The van der Waals surface area contributed by atoms with E-state index in [0.29, 0.717) is 24.1 Å². The van der Waals surface area contributed by atoms with Crippen molar-refractivity contribution >= 4 is 17.1 Å². The van der Waals surface area contributed by atoms with E-state index in [2.05, 4.69) is 51.7 Å². The van der Waals surface area contributed by atoms with Crippen LogP contribution >= 0.6 is 0 Å². The molecule has 1 aliphatic heterocycles. The van der Waals surface area contributed by atoms with Gasteiger partial charge in [-0.25, -0.2) is 0 Å². The third-order valence-electron chi connectivity index (χ3n) is 6.85. The van der Waals surface area contributed by atoms with Crippen LogP contribution in [0.5, 0.6) is 0 Å². The van der Waals surface area contributed by atoms with Gasteiger partial charge in [0.15, 0.2) is 11.6 Å². The summed E-state index contributed by atoms with van der Waals surface area (Å²) in [6.07, 6.45) is 2.37. The van der Waals surface area contributed by atoms with Gasteiger partial charge in [-0.2, -0.15) is 0 Å². The predicted octanol–water partition coefficient (Wildman–Crippen LogP) is 5.45. The summed E-state index contributed by atoms with van der Waals surface area (Å²) >= 11 is 0. The van der Waals surface area contributed by atoms with Gasteiger partial charge >= 0.3 is 0 Å². The lowest BCUT2D eigenvalue weighted by Gasteiger charge is -2.28. The van der Waals surface area contributed by atoms with Crippen molar-refractivity contribution in [2.75, 3.05) is 6.54 Å². The standard InChI is InChI=1S/C28H37NO3/c1-10-23(21(8)30)25(28(32,11-2)22(9)31)14-26-19(6)24(15-29-26)20(7)27-17(4)13-12-16(3)18(27)5/h12-14,29,32H,6,10-11,15H2,1-5,7-9H3/b24-20-,25-23+,26-14-/t28-/m1/s1. The molecule has 32 heavy (non-hydrogen) atoms. The summed E-state index contributed by atoms with van der Waals surface area (Å²) in [6, 6.07) is 4.27. The molecule has 1 aromatic rings. The first-order chi connectivity index (χ1) is 14.9. The fourth-order valence-electron chi connectivity index (χ4n) is 4.59. The number of hydrogen-bond donors (Lipinski definition) is 2. The van der Waals surface area contributed by atoms with Gasteiger partial charge in [-0.3, -0.25) is 9.59 Å². The van der Waals surface area contributed by atoms with E-state index in [1.165, 1.54) is 36.1 Å². The number of nitrogens with one attached hydrogen (secondary N) is 1. The maximum Gasteiger partial charge on any atom is 0.165 e. The molecule has 0 aromatic heterocycles. The van der Waals surface area contributed by atoms with E-state index >= 15 is 0 Å². The third kappa shape index (κ3) is 4.56. The zero-order valence-corrected chi connectivity index (χ0v) is 20.8. The van der Waals surface area contributed by atoms with Gasteiger partial charge in [0, 0.05) is 17.8 Å². The number of allylic oxidation sites excluding steroid dienone is 3. The van der Waals surface area contributed by atoms with Gasteiger partial charge in [0.25, 0.3) is 0 Å². The Morgan fingerprint density at radius 2 is 1.72 bits per heavy atom. The van der Waals surface area contributed by atoms with Crippen LogP contribution in [-0.4, -0.2) is 28.8 Å². The fourth-order valence-corrected chi connectivity index (χ4v) is 4.59. The van der Waals surface area contributed by atoms with Crippen molar-refractivity contribution < 1.29 is 14.7 Å². The Bertz CT molecular complexity index is 1070. The molecule has 4 heteroatoms. The highest BCUT2D eigenvalue weighted by Gasteiger charge is 2.37. The van der Waals surface area contributed by atoms with Gasteiger partial charge < -0.3 is 10.4 Å². The first-order valence-electron chi connectivity index (χ1n) is 11.3. The number of carbonyl (C=O) groups excluding carboxylic acids is 2. The maximum atomic E-state index is 12.4. The molecule has 0 saturated carbocycles. The highest BCUT2D eigenvalue weighted by molar-refractivity contribution is 5.98. The number of hydrogen-bond acceptors (Lipinski definition) is 4. The van der Waals surface area contributed by atoms with Crippen molar-refractivity contribution in [1.82, 2.24) is 5.32 Å². The van der Waals surface area contributed by atoms with Gasteiger partial charge in [0.05, 0.1) is 0 Å². The van der Waals surface area contributed by atoms with Crippen LogP contribution < -0.4 is 5.32 Å². The first-order valence-corrected chi connectivity index (χ1v) is 11.3. The van der Waals surface area contributed by atoms with Crippen molar-refractivity contribution in [1.29, 1.82) is 0 Å². The van der Waals surface area contributed by atoms with E-state index in [1.807, 2.05) is 6.92 Å². The smallest absolute Gasteiger partial charge is 0.165 e. The highest BCUT2D eigenvalue weighted by atomic mass is 16.3. The van der Waals surface area contributed by atoms with Crippen LogP contribution in [0.25, 0.3) is 5.57 Å². The Morgan fingerprint density at radius 1 is 1.12 bits per heavy atom. The SMILES string of the molecule is C=C1/C(=C/C(=C(/CC)C(C)=O)[C@@](O)(CC)C(C)=O)NC/C1=C(\C)c1c(C)ccc(C)c1C. The van der Waals surface area contributed by atoms with E-state index < -0.39 is 5.60 Å². The zero-order chi connectivity index (χ0) is 24.4. The Morgan fingerprint density at radius 3 is 2.22 bits per heavy atom. The Hall–Kier alpha value is -2.72. The minimum atomic E-state index is -1.71. The Balaban J connectivity index is 2.69. The molecule has 1 atom stereocenters. The monoisotopic (exact) mass is 435 g/mol. The quantitative estimate of drug-likeness (QED) is 0.559. The highest BCUT2D eigenvalue weighted by Crippen LogP contribution is 2.36. The number of rotatable bonds is 7. The van der Waals surface area contributed by atoms with E-state index in [4.69, 9.17) is 0 Å². The topological polar surface area (TPSA) is 66.4 Å². The molecular formula is C28H37NO3. The van der Waals surface area contributed by atoms with E-state index in [0.717, 1.165) is 22.4 Å². The molecule has 4 nitrogen and oxygen atoms in total. The lowest BCUT2D eigenvalue weighted by atomic mass is 9.81. The average Bonchev–Trinajstić information content (AvgIpc) is 3.10. The molecule has 0 amide bonds. The van der Waals surface area contributed by atoms with Crippen LogP contribution in [-0.2, 0) is 9.59 Å². The van der Waals surface area contributed by atoms with Crippen LogP contribution in [0.1, 0.15) is 69.7 Å². The summed E-state index contributed by atoms with van der Waals surface area (Å²) in [4.78, 5) is 24.8. The summed E-state index contributed by atoms with van der Waals surface area (Å²) < 4.78 is 0. The molecule has 1 aromatic carbocycles. The van der Waals surface area contributed by atoms with E-state index in [9.17, 15) is 14.7 Å². The number of aliphatic hydroxyl groups is 1. The second kappa shape index (κ2) is 9.83. The molecule has 2 rings (SSSR count). The number of benzene rings is 1. The number of Topliss-reactive ketones (excluding diaryl/α,β-unsaturated/α-hetero) is 2. The van der Waals surface area contributed by atoms with E-state index in [-0.39, 0.29) is 18.0 Å². The second-order valence-electron chi connectivity index (χ2n) is 8.77. The van der Waals surface area contributed by atoms with Crippen molar-refractivity contribution in [3.63, 3.8) is 0 Å². The molecule has 0 unspecified atom stereocenters. The lowest BCUT2D eigenvalue weighted by molar-refractivity contribution is -0.131. The van der Waals surface area contributed by atoms with Gasteiger partial charge in [-0.15, -0.1) is 0 Å². The summed E-state index contributed by atoms with van der Waals surface area (Å²) in [5, 5.41) is 14.6. The van der Waals surface area contributed by atoms with Gasteiger partial charge in [-0.05, 0) is 105 Å². The molecule has 172 valence electrons. The molecule has 1 heterocycles. The zero-order valence-electron chi connectivity index (χ0n) is 20.8. The van der Waals surface area contributed by atoms with Gasteiger partial charge in [0.1, 0.15) is 5.60 Å². The number of ketones is 2. The number of carbonyl (C=O) groups is 2. The van der Waals surface area contributed by atoms with Crippen LogP contribution in [0.2, 0.25) is 0 Å². The van der Waals surface area contributed by atoms with Crippen molar-refractivity contribution in [2.24, 2.45) is 0 Å². The normalized spacial score (nSPS) is 19.4. The lowest BCUT2D eigenvalue weighted by Crippen LogP contribution is -2.39. The molecule has 0 aliphatic carbocycles. The molecule has 0 radical (unpaired) electrons. The fraction of sp³-hybridized carbons (Fsp3) is 0.429. The minimum absolute atomic E-state index is 0.144. The Kier molecular flexibility index (Phi) is 7.84. The van der Waals surface area contributed by atoms with E-state index in [1.54, 1.807) is 13.0 Å². The molecule has 1 aliphatic rings. The molecular weight excluding hydrogens is 398 g/mol. The van der Waals surface area contributed by atoms with Crippen LogP contribution in [0.3, 0.4) is 0 Å². The molecule has 0 spiro atoms. The molecule has 1 saturated heterocycles. The molecule has 0 bridgehead atoms. The van der Waals surface area contributed by atoms with Gasteiger partial charge in [-0.1, -0.05) is 32.6 Å². The maximum absolute atomic E-state index is 12.4. The van der Waals surface area contributed by atoms with Crippen LogP contribution in [0.15, 0.2) is 52.8 Å². The number of aryl methyl sites for hydroxylation is 2. The van der Waals surface area contributed by atoms with Crippen molar-refractivity contribution in [3.8, 4) is 0 Å². The summed E-state index contributed by atoms with van der Waals surface area (Å²) in [6.45, 7) is 19.9. The summed E-state index contributed by atoms with van der Waals surface area (Å²) in [5.74, 6) is -0.519. The average molecular weight is 436 g/mol. The first kappa shape index (κ1) is 25.5. The minimum Gasteiger partial charge on any atom is -0.380 e. The van der Waals surface area contributed by atoms with Crippen LogP contribution in [0.4, 0.5) is 0 Å². The summed E-state index contributed by atoms with van der Waals surface area (Å²) in [7, 11) is 0. The van der Waals surface area contributed by atoms with Gasteiger partial charge in [0.2, 0.25) is 0 Å².